The van der Waals surface area contributed by atoms with E-state index >= 15 is 0 Å². The zero-order valence-corrected chi connectivity index (χ0v) is 11.8. The van der Waals surface area contributed by atoms with Gasteiger partial charge in [0.1, 0.15) is 0 Å². The van der Waals surface area contributed by atoms with Crippen molar-refractivity contribution in [3.05, 3.63) is 24.3 Å². The van der Waals surface area contributed by atoms with Crippen LogP contribution in [0.5, 0.6) is 0 Å². The minimum atomic E-state index is -0.266. The lowest BCUT2D eigenvalue weighted by molar-refractivity contribution is -0.138. The van der Waals surface area contributed by atoms with E-state index in [4.69, 9.17) is 0 Å². The van der Waals surface area contributed by atoms with Gasteiger partial charge >= 0.3 is 0 Å². The summed E-state index contributed by atoms with van der Waals surface area (Å²) in [6.45, 7) is 3.03. The van der Waals surface area contributed by atoms with E-state index in [1.54, 1.807) is 12.3 Å². The second-order valence-corrected chi connectivity index (χ2v) is 6.22. The number of rotatable bonds is 2. The SMILES string of the molecule is O=C(C1CNC1)N1C[C@H]2CC[C@@H](C1)N2c1ccncc1F. The van der Waals surface area contributed by atoms with E-state index < -0.39 is 0 Å². The quantitative estimate of drug-likeness (QED) is 0.867. The first-order valence-electron chi connectivity index (χ1n) is 7.61. The molecule has 1 aromatic rings. The summed E-state index contributed by atoms with van der Waals surface area (Å²) in [5, 5.41) is 3.15. The number of likely N-dealkylation sites (tertiary alicyclic amines) is 1. The highest BCUT2D eigenvalue weighted by Crippen LogP contribution is 2.36. The molecule has 3 aliphatic heterocycles. The van der Waals surface area contributed by atoms with Crippen molar-refractivity contribution in [3.63, 3.8) is 0 Å². The van der Waals surface area contributed by atoms with E-state index in [1.807, 2.05) is 4.90 Å². The van der Waals surface area contributed by atoms with Gasteiger partial charge in [-0.2, -0.15) is 0 Å². The van der Waals surface area contributed by atoms with Crippen LogP contribution in [0.3, 0.4) is 0 Å². The first kappa shape index (κ1) is 13.0. The lowest BCUT2D eigenvalue weighted by atomic mass is 10.0. The number of anilines is 1. The number of fused-ring (bicyclic) bond motifs is 2. The van der Waals surface area contributed by atoms with Crippen LogP contribution in [0.1, 0.15) is 12.8 Å². The lowest BCUT2D eigenvalue weighted by Gasteiger charge is -2.44. The van der Waals surface area contributed by atoms with Gasteiger partial charge in [0, 0.05) is 44.5 Å². The van der Waals surface area contributed by atoms with Gasteiger partial charge in [-0.3, -0.25) is 9.78 Å². The van der Waals surface area contributed by atoms with Gasteiger partial charge in [0.25, 0.3) is 0 Å². The number of carbonyl (C=O) groups is 1. The number of piperazine rings is 1. The molecule has 0 radical (unpaired) electrons. The molecular formula is C15H19FN4O. The number of nitrogens with one attached hydrogen (secondary N) is 1. The molecule has 5 nitrogen and oxygen atoms in total. The maximum Gasteiger partial charge on any atom is 0.228 e. The predicted octanol–water partition coefficient (Wildman–Crippen LogP) is 0.620. The first-order chi connectivity index (χ1) is 10.2. The largest absolute Gasteiger partial charge is 0.360 e. The molecule has 3 fully saturated rings. The monoisotopic (exact) mass is 290 g/mol. The molecule has 0 aliphatic carbocycles. The lowest BCUT2D eigenvalue weighted by Crippen LogP contribution is -2.60. The Morgan fingerprint density at radius 2 is 2.00 bits per heavy atom. The van der Waals surface area contributed by atoms with Gasteiger partial charge in [-0.25, -0.2) is 4.39 Å². The van der Waals surface area contributed by atoms with Crippen molar-refractivity contribution in [2.24, 2.45) is 5.92 Å². The molecule has 0 unspecified atom stereocenters. The second-order valence-electron chi connectivity index (χ2n) is 6.22. The van der Waals surface area contributed by atoms with Crippen LogP contribution in [0.2, 0.25) is 0 Å². The molecule has 3 saturated heterocycles. The summed E-state index contributed by atoms with van der Waals surface area (Å²) in [6.07, 6.45) is 4.96. The molecular weight excluding hydrogens is 271 g/mol. The molecule has 2 bridgehead atoms. The van der Waals surface area contributed by atoms with Gasteiger partial charge in [-0.1, -0.05) is 0 Å². The number of carbonyl (C=O) groups excluding carboxylic acids is 1. The summed E-state index contributed by atoms with van der Waals surface area (Å²) in [6, 6.07) is 2.21. The van der Waals surface area contributed by atoms with Gasteiger partial charge < -0.3 is 15.1 Å². The molecule has 1 aromatic heterocycles. The maximum atomic E-state index is 14.0. The van der Waals surface area contributed by atoms with Gasteiger partial charge in [0.2, 0.25) is 5.91 Å². The van der Waals surface area contributed by atoms with E-state index in [9.17, 15) is 9.18 Å². The number of amides is 1. The number of pyridine rings is 1. The topological polar surface area (TPSA) is 48.5 Å². The fraction of sp³-hybridized carbons (Fsp3) is 0.600. The third-order valence-corrected chi connectivity index (χ3v) is 4.95. The van der Waals surface area contributed by atoms with Crippen molar-refractivity contribution in [1.82, 2.24) is 15.2 Å². The minimum Gasteiger partial charge on any atom is -0.360 e. The van der Waals surface area contributed by atoms with Crippen LogP contribution in [-0.4, -0.2) is 54.1 Å². The Labute approximate surface area is 123 Å². The molecule has 4 heterocycles. The molecule has 2 atom stereocenters. The number of halogens is 1. The Balaban J connectivity index is 1.54. The Bertz CT molecular complexity index is 548. The molecule has 0 saturated carbocycles. The van der Waals surface area contributed by atoms with Crippen molar-refractivity contribution in [1.29, 1.82) is 0 Å². The Hall–Kier alpha value is -1.69. The predicted molar refractivity (Wildman–Crippen MR) is 76.4 cm³/mol. The van der Waals surface area contributed by atoms with Gasteiger partial charge in [0.05, 0.1) is 17.8 Å². The average molecular weight is 290 g/mol. The van der Waals surface area contributed by atoms with Crippen LogP contribution in [0.4, 0.5) is 10.1 Å². The molecule has 0 spiro atoms. The minimum absolute atomic E-state index is 0.147. The van der Waals surface area contributed by atoms with E-state index in [0.717, 1.165) is 25.9 Å². The highest BCUT2D eigenvalue weighted by atomic mass is 19.1. The zero-order valence-electron chi connectivity index (χ0n) is 11.8. The fourth-order valence-electron chi connectivity index (χ4n) is 3.78. The molecule has 21 heavy (non-hydrogen) atoms. The van der Waals surface area contributed by atoms with Crippen molar-refractivity contribution < 1.29 is 9.18 Å². The number of nitrogens with zero attached hydrogens (tertiary/aromatic N) is 3. The summed E-state index contributed by atoms with van der Waals surface area (Å²) < 4.78 is 14.0. The van der Waals surface area contributed by atoms with Crippen LogP contribution in [0.15, 0.2) is 18.5 Å². The van der Waals surface area contributed by atoms with Crippen LogP contribution in [0, 0.1) is 11.7 Å². The number of aromatic nitrogens is 1. The van der Waals surface area contributed by atoms with Gasteiger partial charge in [0.15, 0.2) is 5.82 Å². The van der Waals surface area contributed by atoms with Crippen molar-refractivity contribution in [3.8, 4) is 0 Å². The molecule has 1 N–H and O–H groups in total. The van der Waals surface area contributed by atoms with Crippen LogP contribution >= 0.6 is 0 Å². The summed E-state index contributed by atoms with van der Waals surface area (Å²) in [7, 11) is 0. The highest BCUT2D eigenvalue weighted by Gasteiger charge is 2.43. The summed E-state index contributed by atoms with van der Waals surface area (Å²) in [5.41, 5.74) is 0.634. The standard InChI is InChI=1S/C15H19FN4O/c16-13-7-17-4-3-14(13)20-11-1-2-12(20)9-19(8-11)15(21)10-5-18-6-10/h3-4,7,10-12,18H,1-2,5-6,8-9H2/t11-,12+. The van der Waals surface area contributed by atoms with Crippen molar-refractivity contribution in [2.45, 2.75) is 24.9 Å². The Kier molecular flexibility index (Phi) is 3.06. The number of hydrogen-bond donors (Lipinski definition) is 1. The van der Waals surface area contributed by atoms with Crippen LogP contribution < -0.4 is 10.2 Å². The zero-order chi connectivity index (χ0) is 14.4. The maximum absolute atomic E-state index is 14.0. The van der Waals surface area contributed by atoms with E-state index in [1.165, 1.54) is 6.20 Å². The van der Waals surface area contributed by atoms with E-state index in [2.05, 4.69) is 15.2 Å². The third kappa shape index (κ3) is 2.09. The molecule has 112 valence electrons. The normalized spacial score (nSPS) is 28.6. The molecule has 1 amide bonds. The van der Waals surface area contributed by atoms with Gasteiger partial charge in [-0.15, -0.1) is 0 Å². The molecule has 4 rings (SSSR count). The van der Waals surface area contributed by atoms with Crippen LogP contribution in [-0.2, 0) is 4.79 Å². The average Bonchev–Trinajstić information content (AvgIpc) is 2.67. The number of hydrogen-bond acceptors (Lipinski definition) is 4. The second kappa shape index (κ2) is 4.94. The third-order valence-electron chi connectivity index (χ3n) is 4.95. The molecule has 6 heteroatoms. The fourth-order valence-corrected chi connectivity index (χ4v) is 3.78. The van der Waals surface area contributed by atoms with Crippen molar-refractivity contribution >= 4 is 11.6 Å². The highest BCUT2D eigenvalue weighted by molar-refractivity contribution is 5.80. The molecule has 3 aliphatic rings. The van der Waals surface area contributed by atoms with E-state index in [-0.39, 0.29) is 29.7 Å². The van der Waals surface area contributed by atoms with E-state index in [0.29, 0.717) is 18.8 Å². The first-order valence-corrected chi connectivity index (χ1v) is 7.61. The smallest absolute Gasteiger partial charge is 0.228 e. The summed E-state index contributed by atoms with van der Waals surface area (Å²) >= 11 is 0. The molecule has 0 aromatic carbocycles. The van der Waals surface area contributed by atoms with Crippen LogP contribution in [0.25, 0.3) is 0 Å². The Morgan fingerprint density at radius 1 is 1.29 bits per heavy atom. The summed E-state index contributed by atoms with van der Waals surface area (Å²) in [4.78, 5) is 20.4. The van der Waals surface area contributed by atoms with Gasteiger partial charge in [-0.05, 0) is 18.9 Å². The van der Waals surface area contributed by atoms with Crippen molar-refractivity contribution in [2.75, 3.05) is 31.1 Å². The Morgan fingerprint density at radius 3 is 2.57 bits per heavy atom. The summed E-state index contributed by atoms with van der Waals surface area (Å²) in [5.74, 6) is 0.145.